The number of thioether (sulfide) groups is 2. The molecule has 12 aliphatic rings. The fourth-order valence-electron chi connectivity index (χ4n) is 17.4. The molecule has 28 nitrogen and oxygen atoms in total. The normalized spacial score (nSPS) is 18.8. The lowest BCUT2D eigenvalue weighted by molar-refractivity contribution is -0.118. The van der Waals surface area contributed by atoms with Crippen LogP contribution in [-0.4, -0.2) is 380 Å². The second-order valence-electron chi connectivity index (χ2n) is 35.7. The number of Topliss-reactive ketones (excluding diaryl/α,β-unsaturated/α-hetero) is 2. The van der Waals surface area contributed by atoms with Gasteiger partial charge in [0.1, 0.15) is 34.8 Å². The largest absolute Gasteiger partial charge is 0.378 e. The van der Waals surface area contributed by atoms with E-state index in [1.165, 1.54) is 124 Å². The molecule has 12 heterocycles. The first-order chi connectivity index (χ1) is 66.2. The SMILES string of the molecule is CN1CCN(C(=O)N2CCN(C)CC2)CC1.O=C(Cc1ccc(F)cc1)Cc1ccc(F)cc1.O=C(Cc1ccccc1N1CCOCC1)Cc1ccccc1N1CCOCC1.O=C(N1CCCC1)N1CCCC1.O=C(N1CCCCC1)N1CCCCC1.O=C(N1CCOCC1)N1CCOCC1.O=C(N1CCSCC1)N1CCSCC1.O=C(NCc1ccc(F)cc1)NCc1ccc(F)cc1. The van der Waals surface area contributed by atoms with Crippen LogP contribution < -0.4 is 20.4 Å². The van der Waals surface area contributed by atoms with Crippen molar-refractivity contribution in [3.8, 4) is 0 Å². The number of piperidine rings is 2. The van der Waals surface area contributed by atoms with Crippen LogP contribution in [0.1, 0.15) is 97.6 Å². The van der Waals surface area contributed by atoms with Crippen LogP contribution in [-0.2, 0) is 67.3 Å². The summed E-state index contributed by atoms with van der Waals surface area (Å²) in [4.78, 5) is 125. The standard InChI is InChI=1S/C23H28N2O3.C15H14F2N2O.C15H12F2O.C11H22N4O.C11H20N2O.C9H16N2O3.C9H16N2OS2.C9H16N2O/c26-21(17-19-5-1-3-7-22(19)24-9-13-27-14-10-24)18-20-6-2-4-8-23(20)25-11-15-28-16-12-25;16-13-5-1-11(2-6-13)9-18-15(20)19-10-12-3-7-14(17)8-4-12;16-13-5-1-11(2-6-13)9-15(18)10-12-3-7-14(17)8-4-12;1-12-3-7-14(8-4-12)11(16)15-9-5-13(2)6-10-15;14-11(12-7-3-1-4-8-12)13-9-5-2-6-10-13;2*12-9(10-1-5-13-6-2-10)11-3-7-14-8-4-11;12-9(10-5-1-2-6-10)11-7-3-4-8-11/h1-8H,9-18H2;1-8H,9-10H2,(H2,18,19,20);1-8H,9-10H2;3-10H2,1-2H3;1-10H2;2*1-8H2;1-8H2. The van der Waals surface area contributed by atoms with Crippen LogP contribution in [0.25, 0.3) is 0 Å². The highest BCUT2D eigenvalue weighted by atomic mass is 32.2. The summed E-state index contributed by atoms with van der Waals surface area (Å²) in [6.07, 6.45) is 13.6. The van der Waals surface area contributed by atoms with Gasteiger partial charge in [-0.25, -0.2) is 46.3 Å². The van der Waals surface area contributed by atoms with Crippen LogP contribution >= 0.6 is 23.5 Å². The minimum absolute atomic E-state index is 0.0215. The zero-order valence-corrected chi connectivity index (χ0v) is 81.6. The summed E-state index contributed by atoms with van der Waals surface area (Å²) >= 11 is 3.89. The third-order valence-electron chi connectivity index (χ3n) is 25.5. The van der Waals surface area contributed by atoms with Gasteiger partial charge >= 0.3 is 36.2 Å². The van der Waals surface area contributed by atoms with Crippen molar-refractivity contribution in [1.82, 2.24) is 69.4 Å². The number of likely N-dealkylation sites (N-methyl/N-ethyl adjacent to an activating group) is 2. The van der Waals surface area contributed by atoms with Crippen LogP contribution in [0, 0.1) is 23.3 Å². The molecule has 12 fully saturated rings. The summed E-state index contributed by atoms with van der Waals surface area (Å²) in [6, 6.07) is 40.9. The molecule has 0 bridgehead atoms. The molecule has 744 valence electrons. The third kappa shape index (κ3) is 37.4. The minimum atomic E-state index is -0.335. The van der Waals surface area contributed by atoms with Gasteiger partial charge in [-0.3, -0.25) is 9.59 Å². The van der Waals surface area contributed by atoms with E-state index in [1.807, 2.05) is 96.8 Å². The number of para-hydroxylation sites is 2. The van der Waals surface area contributed by atoms with Crippen molar-refractivity contribution in [2.24, 2.45) is 0 Å². The third-order valence-corrected chi connectivity index (χ3v) is 27.4. The molecule has 2 N–H and O–H groups in total. The Bertz CT molecular complexity index is 4160. The van der Waals surface area contributed by atoms with Crippen molar-refractivity contribution in [2.75, 3.05) is 283 Å². The van der Waals surface area contributed by atoms with E-state index in [0.29, 0.717) is 58.4 Å². The first kappa shape index (κ1) is 107. The number of amides is 12. The van der Waals surface area contributed by atoms with Gasteiger partial charge in [-0.2, -0.15) is 23.5 Å². The van der Waals surface area contributed by atoms with Crippen molar-refractivity contribution >= 4 is 82.7 Å². The number of carbonyl (C=O) groups is 8. The number of likely N-dealkylation sites (tertiary alicyclic amines) is 4. The molecular weight excluding hydrogens is 1780 g/mol. The van der Waals surface area contributed by atoms with Gasteiger partial charge in [-0.1, -0.05) is 84.9 Å². The maximum atomic E-state index is 13.0. The molecule has 0 aliphatic carbocycles. The Morgan fingerprint density at radius 1 is 0.265 bits per heavy atom. The highest BCUT2D eigenvalue weighted by Gasteiger charge is 2.31. The number of ketones is 2. The van der Waals surface area contributed by atoms with Crippen LogP contribution in [0.2, 0.25) is 0 Å². The predicted molar refractivity (Wildman–Crippen MR) is 529 cm³/mol. The second kappa shape index (κ2) is 59.4. The average Bonchev–Trinajstić information content (AvgIpc) is 0.928. The first-order valence-electron chi connectivity index (χ1n) is 49.0. The monoisotopic (exact) mass is 1930 g/mol. The van der Waals surface area contributed by atoms with Gasteiger partial charge in [-0.05, 0) is 172 Å². The number of anilines is 2. The van der Waals surface area contributed by atoms with Crippen molar-refractivity contribution < 1.29 is 74.9 Å². The van der Waals surface area contributed by atoms with E-state index < -0.39 is 0 Å². The van der Waals surface area contributed by atoms with Gasteiger partial charge < -0.3 is 98.2 Å². The zero-order valence-electron chi connectivity index (χ0n) is 79.9. The average molecular weight is 1930 g/mol. The number of ether oxygens (including phenoxy) is 4. The van der Waals surface area contributed by atoms with Crippen molar-refractivity contribution in [2.45, 2.75) is 103 Å². The number of hydrogen-bond donors (Lipinski definition) is 2. The number of halogens is 4. The smallest absolute Gasteiger partial charge is 0.320 e. The number of nitrogens with one attached hydrogen (secondary N) is 2. The van der Waals surface area contributed by atoms with Crippen LogP contribution in [0.15, 0.2) is 146 Å². The van der Waals surface area contributed by atoms with Gasteiger partial charge in [-0.15, -0.1) is 0 Å². The second-order valence-corrected chi connectivity index (χ2v) is 38.1. The Hall–Kier alpha value is -9.94. The highest BCUT2D eigenvalue weighted by molar-refractivity contribution is 7.99. The number of piperazine rings is 2. The number of hydrogen-bond acceptors (Lipinski definition) is 18. The highest BCUT2D eigenvalue weighted by Crippen LogP contribution is 2.28. The maximum absolute atomic E-state index is 13.0. The van der Waals surface area contributed by atoms with E-state index >= 15 is 0 Å². The Kier molecular flexibility index (Phi) is 46.5. The molecule has 12 aliphatic heterocycles. The predicted octanol–water partition coefficient (Wildman–Crippen LogP) is 12.9. The number of nitrogens with zero attached hydrogens (tertiary/aromatic N) is 14. The number of urea groups is 6. The van der Waals surface area contributed by atoms with E-state index in [1.54, 1.807) is 48.5 Å². The number of benzene rings is 6. The number of rotatable bonds is 14. The molecule has 0 atom stereocenters. The summed E-state index contributed by atoms with van der Waals surface area (Å²) in [5.41, 5.74) is 7.73. The molecule has 34 heteroatoms. The molecule has 0 aromatic heterocycles. The lowest BCUT2D eigenvalue weighted by Crippen LogP contribution is -2.55. The molecule has 18 rings (SSSR count). The Morgan fingerprint density at radius 2 is 0.500 bits per heavy atom. The van der Waals surface area contributed by atoms with E-state index in [4.69, 9.17) is 18.9 Å². The van der Waals surface area contributed by atoms with Gasteiger partial charge in [0.25, 0.3) is 0 Å². The van der Waals surface area contributed by atoms with E-state index in [-0.39, 0.29) is 77.8 Å². The molecule has 0 saturated carbocycles. The summed E-state index contributed by atoms with van der Waals surface area (Å²) in [5, 5.41) is 5.31. The summed E-state index contributed by atoms with van der Waals surface area (Å²) in [5.74, 6) is 3.44. The van der Waals surface area contributed by atoms with Gasteiger partial charge in [0, 0.05) is 256 Å². The van der Waals surface area contributed by atoms with Crippen molar-refractivity contribution in [3.05, 3.63) is 202 Å². The Balaban J connectivity index is 0.000000151. The van der Waals surface area contributed by atoms with E-state index in [0.717, 1.165) is 266 Å². The van der Waals surface area contributed by atoms with Gasteiger partial charge in [0.15, 0.2) is 0 Å². The fraction of sp³-hybridized carbons (Fsp3) is 0.569. The Labute approximate surface area is 810 Å². The lowest BCUT2D eigenvalue weighted by atomic mass is 9.99. The molecule has 136 heavy (non-hydrogen) atoms. The Morgan fingerprint density at radius 3 is 0.794 bits per heavy atom. The van der Waals surface area contributed by atoms with E-state index in [9.17, 15) is 55.9 Å². The quantitative estimate of drug-likeness (QED) is 0.0963. The molecular formula is C102H144F4N16O12S2. The number of morpholine rings is 4. The van der Waals surface area contributed by atoms with Crippen LogP contribution in [0.5, 0.6) is 0 Å². The first-order valence-corrected chi connectivity index (χ1v) is 51.3. The molecule has 0 unspecified atom stereocenters. The lowest BCUT2D eigenvalue weighted by Gasteiger charge is -2.39. The summed E-state index contributed by atoms with van der Waals surface area (Å²) < 4.78 is 72.1. The van der Waals surface area contributed by atoms with E-state index in [2.05, 4.69) is 68.6 Å². The summed E-state index contributed by atoms with van der Waals surface area (Å²) in [7, 11) is 4.22. The molecule has 6 aromatic carbocycles. The number of carbonyl (C=O) groups excluding carboxylic acids is 8. The molecule has 12 saturated heterocycles. The maximum Gasteiger partial charge on any atom is 0.320 e. The molecule has 12 amide bonds. The van der Waals surface area contributed by atoms with Crippen LogP contribution in [0.4, 0.5) is 57.7 Å². The molecule has 0 spiro atoms. The van der Waals surface area contributed by atoms with Crippen molar-refractivity contribution in [3.63, 3.8) is 0 Å². The van der Waals surface area contributed by atoms with Gasteiger partial charge in [0.05, 0.1) is 52.9 Å². The zero-order chi connectivity index (χ0) is 95.9. The van der Waals surface area contributed by atoms with Crippen molar-refractivity contribution in [1.29, 1.82) is 0 Å². The topological polar surface area (TPSA) is 243 Å². The minimum Gasteiger partial charge on any atom is -0.378 e. The molecule has 0 radical (unpaired) electrons. The fourth-order valence-corrected chi connectivity index (χ4v) is 19.2. The molecule has 6 aromatic rings. The summed E-state index contributed by atoms with van der Waals surface area (Å²) in [6.45, 7) is 31.8. The van der Waals surface area contributed by atoms with Gasteiger partial charge in [0.2, 0.25) is 0 Å². The van der Waals surface area contributed by atoms with Crippen LogP contribution in [0.3, 0.4) is 0 Å².